The normalized spacial score (nSPS) is 10.4. The molecule has 0 aliphatic heterocycles. The lowest BCUT2D eigenvalue weighted by Crippen LogP contribution is -1.96. The quantitative estimate of drug-likeness (QED) is 0.785. The van der Waals surface area contributed by atoms with Crippen molar-refractivity contribution in [1.29, 1.82) is 0 Å². The van der Waals surface area contributed by atoms with Crippen LogP contribution >= 0.6 is 23.1 Å². The number of aromatic nitrogens is 1. The highest BCUT2D eigenvalue weighted by atomic mass is 32.2. The molecule has 0 bridgehead atoms. The Bertz CT molecular complexity index is 324. The van der Waals surface area contributed by atoms with Crippen LogP contribution in [0.5, 0.6) is 0 Å². The average Bonchev–Trinajstić information content (AvgIpc) is 2.45. The topological polar surface area (TPSA) is 59.4 Å². The maximum absolute atomic E-state index is 10.3. The molecule has 78 valence electrons. The lowest BCUT2D eigenvalue weighted by Gasteiger charge is -1.92. The summed E-state index contributed by atoms with van der Waals surface area (Å²) in [5, 5.41) is 8.49. The van der Waals surface area contributed by atoms with Crippen LogP contribution in [-0.4, -0.2) is 28.9 Å². The second-order valence-electron chi connectivity index (χ2n) is 2.60. The number of thioether (sulfide) groups is 1. The third kappa shape index (κ3) is 3.28. The summed E-state index contributed by atoms with van der Waals surface area (Å²) in [6.07, 6.45) is 0. The molecule has 0 radical (unpaired) electrons. The summed E-state index contributed by atoms with van der Waals surface area (Å²) in [7, 11) is 1.63. The maximum Gasteiger partial charge on any atom is 0.313 e. The Kier molecular flexibility index (Phi) is 4.37. The first-order chi connectivity index (χ1) is 6.63. The van der Waals surface area contributed by atoms with Gasteiger partial charge < -0.3 is 9.84 Å². The molecule has 14 heavy (non-hydrogen) atoms. The molecule has 1 aromatic heterocycles. The molecule has 0 aliphatic carbocycles. The van der Waals surface area contributed by atoms with E-state index >= 15 is 0 Å². The van der Waals surface area contributed by atoms with Crippen molar-refractivity contribution in [2.75, 3.05) is 12.9 Å². The number of rotatable bonds is 5. The molecule has 0 unspecified atom stereocenters. The van der Waals surface area contributed by atoms with Gasteiger partial charge in [0.2, 0.25) is 0 Å². The predicted octanol–water partition coefficient (Wildman–Crippen LogP) is 1.77. The zero-order chi connectivity index (χ0) is 10.6. The molecule has 1 rings (SSSR count). The molecule has 0 amide bonds. The summed E-state index contributed by atoms with van der Waals surface area (Å²) in [6.45, 7) is 2.44. The van der Waals surface area contributed by atoms with Gasteiger partial charge in [-0.2, -0.15) is 0 Å². The Hall–Kier alpha value is -0.590. The van der Waals surface area contributed by atoms with Crippen LogP contribution in [0, 0.1) is 6.92 Å². The van der Waals surface area contributed by atoms with E-state index in [-0.39, 0.29) is 5.75 Å². The minimum absolute atomic E-state index is 0.0549. The number of thiazole rings is 1. The zero-order valence-electron chi connectivity index (χ0n) is 7.94. The van der Waals surface area contributed by atoms with Gasteiger partial charge in [-0.25, -0.2) is 4.98 Å². The highest BCUT2D eigenvalue weighted by Crippen LogP contribution is 2.27. The first-order valence-electron chi connectivity index (χ1n) is 3.93. The predicted molar refractivity (Wildman–Crippen MR) is 55.9 cm³/mol. The van der Waals surface area contributed by atoms with Gasteiger partial charge in [-0.05, 0) is 6.92 Å². The number of hydrogen-bond acceptors (Lipinski definition) is 5. The first-order valence-corrected chi connectivity index (χ1v) is 5.73. The zero-order valence-corrected chi connectivity index (χ0v) is 9.57. The molecule has 0 saturated heterocycles. The summed E-state index contributed by atoms with van der Waals surface area (Å²) in [6, 6.07) is 0. The Morgan fingerprint density at radius 3 is 3.00 bits per heavy atom. The van der Waals surface area contributed by atoms with Gasteiger partial charge in [-0.1, -0.05) is 11.8 Å². The van der Waals surface area contributed by atoms with Crippen molar-refractivity contribution < 1.29 is 14.6 Å². The minimum Gasteiger partial charge on any atom is -0.481 e. The molecule has 0 spiro atoms. The van der Waals surface area contributed by atoms with E-state index in [1.807, 2.05) is 6.92 Å². The summed E-state index contributed by atoms with van der Waals surface area (Å²) >= 11 is 2.73. The van der Waals surface area contributed by atoms with E-state index < -0.39 is 5.97 Å². The molecule has 6 heteroatoms. The minimum atomic E-state index is -0.823. The molecule has 1 aromatic rings. The van der Waals surface area contributed by atoms with Crippen LogP contribution in [-0.2, 0) is 16.1 Å². The van der Waals surface area contributed by atoms with Crippen LogP contribution in [0.2, 0.25) is 0 Å². The van der Waals surface area contributed by atoms with Gasteiger partial charge in [-0.15, -0.1) is 11.3 Å². The lowest BCUT2D eigenvalue weighted by molar-refractivity contribution is -0.133. The van der Waals surface area contributed by atoms with Crippen LogP contribution in [0.3, 0.4) is 0 Å². The number of nitrogens with zero attached hydrogens (tertiary/aromatic N) is 1. The highest BCUT2D eigenvalue weighted by molar-refractivity contribution is 8.01. The highest BCUT2D eigenvalue weighted by Gasteiger charge is 2.08. The van der Waals surface area contributed by atoms with Gasteiger partial charge >= 0.3 is 5.97 Å². The van der Waals surface area contributed by atoms with Crippen LogP contribution in [0.1, 0.15) is 10.6 Å². The summed E-state index contributed by atoms with van der Waals surface area (Å²) < 4.78 is 5.78. The first kappa shape index (κ1) is 11.5. The smallest absolute Gasteiger partial charge is 0.313 e. The molecular weight excluding hydrogens is 222 g/mol. The van der Waals surface area contributed by atoms with Gasteiger partial charge in [-0.3, -0.25) is 4.79 Å². The van der Waals surface area contributed by atoms with Crippen LogP contribution in [0.25, 0.3) is 0 Å². The Morgan fingerprint density at radius 2 is 2.43 bits per heavy atom. The second-order valence-corrected chi connectivity index (χ2v) is 4.91. The van der Waals surface area contributed by atoms with Crippen molar-refractivity contribution in [3.05, 3.63) is 10.6 Å². The molecule has 0 aliphatic rings. The van der Waals surface area contributed by atoms with E-state index in [0.717, 1.165) is 14.9 Å². The SMILES string of the molecule is COCc1sc(SCC(=O)O)nc1C. The number of carboxylic acids is 1. The number of ether oxygens (including phenoxy) is 1. The molecule has 0 atom stereocenters. The molecule has 0 aromatic carbocycles. The number of carboxylic acid groups (broad SMARTS) is 1. The number of methoxy groups -OCH3 is 1. The summed E-state index contributed by atoms with van der Waals surface area (Å²) in [4.78, 5) is 15.6. The van der Waals surface area contributed by atoms with Crippen LogP contribution in [0.4, 0.5) is 0 Å². The van der Waals surface area contributed by atoms with Gasteiger partial charge in [0.15, 0.2) is 4.34 Å². The van der Waals surface area contributed by atoms with Gasteiger partial charge in [0.25, 0.3) is 0 Å². The van der Waals surface area contributed by atoms with Crippen molar-refractivity contribution in [3.8, 4) is 0 Å². The van der Waals surface area contributed by atoms with Gasteiger partial charge in [0.05, 0.1) is 22.9 Å². The van der Waals surface area contributed by atoms with Crippen LogP contribution < -0.4 is 0 Å². The Morgan fingerprint density at radius 1 is 1.71 bits per heavy atom. The number of carbonyl (C=O) groups is 1. The fourth-order valence-electron chi connectivity index (χ4n) is 0.852. The second kappa shape index (κ2) is 5.33. The van der Waals surface area contributed by atoms with E-state index in [0.29, 0.717) is 6.61 Å². The number of aliphatic carboxylic acids is 1. The summed E-state index contributed by atoms with van der Waals surface area (Å²) in [5.74, 6) is -0.768. The van der Waals surface area contributed by atoms with Gasteiger partial charge in [0, 0.05) is 7.11 Å². The van der Waals surface area contributed by atoms with Crippen molar-refractivity contribution >= 4 is 29.1 Å². The van der Waals surface area contributed by atoms with E-state index in [4.69, 9.17) is 9.84 Å². The average molecular weight is 233 g/mol. The largest absolute Gasteiger partial charge is 0.481 e. The molecule has 4 nitrogen and oxygen atoms in total. The van der Waals surface area contributed by atoms with Gasteiger partial charge in [0.1, 0.15) is 0 Å². The standard InChI is InChI=1S/C8H11NO3S2/c1-5-6(3-12-2)14-8(9-5)13-4-7(10)11/h3-4H2,1-2H3,(H,10,11). The third-order valence-corrected chi connectivity index (χ3v) is 3.73. The third-order valence-electron chi connectivity index (χ3n) is 1.47. The molecule has 0 fully saturated rings. The fourth-order valence-corrected chi connectivity index (χ4v) is 2.78. The van der Waals surface area contributed by atoms with Crippen molar-refractivity contribution in [2.24, 2.45) is 0 Å². The monoisotopic (exact) mass is 233 g/mol. The molecule has 1 N–H and O–H groups in total. The molecular formula is C8H11NO3S2. The Balaban J connectivity index is 2.61. The fraction of sp³-hybridized carbons (Fsp3) is 0.500. The van der Waals surface area contributed by atoms with E-state index in [9.17, 15) is 4.79 Å². The Labute approximate surface area is 90.3 Å². The maximum atomic E-state index is 10.3. The van der Waals surface area contributed by atoms with E-state index in [1.54, 1.807) is 7.11 Å². The summed E-state index contributed by atoms with van der Waals surface area (Å²) in [5.41, 5.74) is 0.921. The molecule has 1 heterocycles. The van der Waals surface area contributed by atoms with Crippen molar-refractivity contribution in [1.82, 2.24) is 4.98 Å². The number of hydrogen-bond donors (Lipinski definition) is 1. The van der Waals surface area contributed by atoms with Crippen molar-refractivity contribution in [3.63, 3.8) is 0 Å². The van der Waals surface area contributed by atoms with E-state index in [1.165, 1.54) is 23.1 Å². The van der Waals surface area contributed by atoms with Crippen molar-refractivity contribution in [2.45, 2.75) is 17.9 Å². The molecule has 0 saturated carbocycles. The van der Waals surface area contributed by atoms with E-state index in [2.05, 4.69) is 4.98 Å². The number of aryl methyl sites for hydroxylation is 1. The van der Waals surface area contributed by atoms with Crippen LogP contribution in [0.15, 0.2) is 4.34 Å². The lowest BCUT2D eigenvalue weighted by atomic mass is 10.4.